The summed E-state index contributed by atoms with van der Waals surface area (Å²) in [5.41, 5.74) is 7.06. The molecule has 84 valence electrons. The Bertz CT molecular complexity index is 439. The Kier molecular flexibility index (Phi) is 4.61. The van der Waals surface area contributed by atoms with Crippen molar-refractivity contribution in [3.05, 3.63) is 47.0 Å². The van der Waals surface area contributed by atoms with E-state index in [0.717, 1.165) is 5.56 Å². The molecule has 3 nitrogen and oxygen atoms in total. The number of carbonyl (C=O) groups excluding carboxylic acids is 1. The fourth-order valence-corrected chi connectivity index (χ4v) is 1.23. The zero-order chi connectivity index (χ0) is 12.0. The van der Waals surface area contributed by atoms with Crippen molar-refractivity contribution in [1.29, 1.82) is 0 Å². The maximum Gasteiger partial charge on any atom is 0.330 e. The molecule has 0 saturated carbocycles. The fourth-order valence-electron chi connectivity index (χ4n) is 1.05. The smallest absolute Gasteiger partial charge is 0.330 e. The van der Waals surface area contributed by atoms with E-state index in [-0.39, 0.29) is 0 Å². The summed E-state index contributed by atoms with van der Waals surface area (Å²) in [7, 11) is 1.32. The van der Waals surface area contributed by atoms with Crippen LogP contribution in [0.1, 0.15) is 5.56 Å². The average molecular weight is 238 g/mol. The number of carbonyl (C=O) groups is 1. The van der Waals surface area contributed by atoms with Gasteiger partial charge < -0.3 is 10.5 Å². The molecule has 0 spiro atoms. The van der Waals surface area contributed by atoms with E-state index >= 15 is 0 Å². The van der Waals surface area contributed by atoms with Gasteiger partial charge >= 0.3 is 5.97 Å². The fraction of sp³-hybridized carbons (Fsp3) is 0.0833. The second-order valence-electron chi connectivity index (χ2n) is 3.02. The van der Waals surface area contributed by atoms with Crippen molar-refractivity contribution in [2.75, 3.05) is 12.8 Å². The van der Waals surface area contributed by atoms with Gasteiger partial charge in [-0.15, -0.1) is 0 Å². The summed E-state index contributed by atoms with van der Waals surface area (Å²) in [6.07, 6.45) is 6.35. The predicted molar refractivity (Wildman–Crippen MR) is 66.1 cm³/mol. The van der Waals surface area contributed by atoms with Crippen molar-refractivity contribution in [2.45, 2.75) is 0 Å². The van der Waals surface area contributed by atoms with Crippen molar-refractivity contribution in [2.24, 2.45) is 0 Å². The molecule has 4 heteroatoms. The van der Waals surface area contributed by atoms with Crippen LogP contribution in [0.2, 0.25) is 5.02 Å². The number of hydrogen-bond acceptors (Lipinski definition) is 3. The minimum Gasteiger partial charge on any atom is -0.466 e. The lowest BCUT2D eigenvalue weighted by Crippen LogP contribution is -1.92. The lowest BCUT2D eigenvalue weighted by molar-refractivity contribution is -0.134. The predicted octanol–water partition coefficient (Wildman–Crippen LogP) is 2.66. The molecule has 1 aromatic carbocycles. The molecular weight excluding hydrogens is 226 g/mol. The van der Waals surface area contributed by atoms with E-state index in [1.54, 1.807) is 36.4 Å². The highest BCUT2D eigenvalue weighted by Crippen LogP contribution is 2.19. The number of hydrogen-bond donors (Lipinski definition) is 1. The highest BCUT2D eigenvalue weighted by molar-refractivity contribution is 6.32. The number of allylic oxidation sites excluding steroid dienone is 2. The third-order valence-electron chi connectivity index (χ3n) is 1.84. The Balaban J connectivity index is 2.73. The largest absolute Gasteiger partial charge is 0.466 e. The zero-order valence-corrected chi connectivity index (χ0v) is 9.57. The molecule has 0 fully saturated rings. The van der Waals surface area contributed by atoms with Crippen LogP contribution in [0, 0.1) is 0 Å². The van der Waals surface area contributed by atoms with Gasteiger partial charge in [-0.3, -0.25) is 0 Å². The van der Waals surface area contributed by atoms with Crippen molar-refractivity contribution in [1.82, 2.24) is 0 Å². The molecule has 0 unspecified atom stereocenters. The number of ether oxygens (including phenoxy) is 1. The lowest BCUT2D eigenvalue weighted by Gasteiger charge is -1.98. The first-order valence-electron chi connectivity index (χ1n) is 4.61. The Labute approximate surface area is 99.2 Å². The van der Waals surface area contributed by atoms with Gasteiger partial charge in [0, 0.05) is 16.8 Å². The van der Waals surface area contributed by atoms with Crippen LogP contribution < -0.4 is 5.73 Å². The van der Waals surface area contributed by atoms with E-state index in [9.17, 15) is 4.79 Å². The first-order chi connectivity index (χ1) is 7.63. The van der Waals surface area contributed by atoms with Gasteiger partial charge in [-0.25, -0.2) is 4.79 Å². The molecule has 0 saturated heterocycles. The molecule has 1 aromatic rings. The lowest BCUT2D eigenvalue weighted by atomic mass is 10.2. The molecule has 0 aliphatic heterocycles. The van der Waals surface area contributed by atoms with Gasteiger partial charge in [-0.05, 0) is 23.8 Å². The van der Waals surface area contributed by atoms with Crippen LogP contribution in [-0.4, -0.2) is 13.1 Å². The molecule has 0 amide bonds. The van der Waals surface area contributed by atoms with Gasteiger partial charge in [-0.2, -0.15) is 0 Å². The summed E-state index contributed by atoms with van der Waals surface area (Å²) in [5, 5.41) is 0.608. The van der Waals surface area contributed by atoms with Gasteiger partial charge in [0.15, 0.2) is 0 Å². The Morgan fingerprint density at radius 1 is 1.44 bits per heavy atom. The summed E-state index contributed by atoms with van der Waals surface area (Å²) in [4.78, 5) is 10.8. The number of methoxy groups -OCH3 is 1. The number of esters is 1. The topological polar surface area (TPSA) is 52.3 Å². The van der Waals surface area contributed by atoms with Gasteiger partial charge in [-0.1, -0.05) is 29.8 Å². The zero-order valence-electron chi connectivity index (χ0n) is 8.81. The molecule has 0 atom stereocenters. The molecule has 0 radical (unpaired) electrons. The second-order valence-corrected chi connectivity index (χ2v) is 3.43. The van der Waals surface area contributed by atoms with E-state index in [2.05, 4.69) is 4.74 Å². The SMILES string of the molecule is COC(=O)C=CC=Cc1cc(N)ccc1Cl. The first-order valence-corrected chi connectivity index (χ1v) is 4.99. The highest BCUT2D eigenvalue weighted by Gasteiger charge is 1.95. The normalized spacial score (nSPS) is 11.1. The number of benzene rings is 1. The molecule has 0 aliphatic rings. The van der Waals surface area contributed by atoms with E-state index in [1.165, 1.54) is 13.2 Å². The number of rotatable bonds is 3. The third kappa shape index (κ3) is 3.79. The maximum absolute atomic E-state index is 10.8. The minimum atomic E-state index is -0.400. The number of halogens is 1. The molecule has 1 rings (SSSR count). The van der Waals surface area contributed by atoms with Gasteiger partial charge in [0.1, 0.15) is 0 Å². The molecule has 16 heavy (non-hydrogen) atoms. The van der Waals surface area contributed by atoms with Crippen LogP contribution in [0.5, 0.6) is 0 Å². The number of nitrogen functional groups attached to an aromatic ring is 1. The maximum atomic E-state index is 10.8. The second kappa shape index (κ2) is 5.98. The number of nitrogens with two attached hydrogens (primary N) is 1. The molecule has 0 aliphatic carbocycles. The quantitative estimate of drug-likeness (QED) is 0.381. The van der Waals surface area contributed by atoms with E-state index < -0.39 is 5.97 Å². The minimum absolute atomic E-state index is 0.400. The van der Waals surface area contributed by atoms with Crippen molar-refractivity contribution in [3.63, 3.8) is 0 Å². The van der Waals surface area contributed by atoms with Crippen molar-refractivity contribution < 1.29 is 9.53 Å². The van der Waals surface area contributed by atoms with Gasteiger partial charge in [0.2, 0.25) is 0 Å². The van der Waals surface area contributed by atoms with Crippen LogP contribution >= 0.6 is 11.6 Å². The Hall–Kier alpha value is -1.74. The average Bonchev–Trinajstić information content (AvgIpc) is 2.28. The molecule has 0 aromatic heterocycles. The summed E-state index contributed by atoms with van der Waals surface area (Å²) < 4.78 is 4.44. The molecule has 0 heterocycles. The summed E-state index contributed by atoms with van der Waals surface area (Å²) in [6.45, 7) is 0. The summed E-state index contributed by atoms with van der Waals surface area (Å²) in [6, 6.07) is 5.20. The van der Waals surface area contributed by atoms with Gasteiger partial charge in [0.05, 0.1) is 7.11 Å². The Morgan fingerprint density at radius 2 is 2.19 bits per heavy atom. The van der Waals surface area contributed by atoms with Crippen LogP contribution in [0.4, 0.5) is 5.69 Å². The van der Waals surface area contributed by atoms with E-state index in [1.807, 2.05) is 0 Å². The van der Waals surface area contributed by atoms with Crippen LogP contribution in [0.3, 0.4) is 0 Å². The number of anilines is 1. The van der Waals surface area contributed by atoms with Crippen LogP contribution in [0.25, 0.3) is 6.08 Å². The first kappa shape index (κ1) is 12.3. The van der Waals surface area contributed by atoms with Gasteiger partial charge in [0.25, 0.3) is 0 Å². The summed E-state index contributed by atoms with van der Waals surface area (Å²) in [5.74, 6) is -0.400. The summed E-state index contributed by atoms with van der Waals surface area (Å²) >= 11 is 5.94. The molecule has 0 bridgehead atoms. The standard InChI is InChI=1S/C12H12ClNO2/c1-16-12(15)5-3-2-4-9-8-10(14)6-7-11(9)13/h2-8H,14H2,1H3. The van der Waals surface area contributed by atoms with E-state index in [4.69, 9.17) is 17.3 Å². The van der Waals surface area contributed by atoms with E-state index in [0.29, 0.717) is 10.7 Å². The van der Waals surface area contributed by atoms with Crippen molar-refractivity contribution >= 4 is 29.3 Å². The molecule has 2 N–H and O–H groups in total. The highest BCUT2D eigenvalue weighted by atomic mass is 35.5. The van der Waals surface area contributed by atoms with Crippen LogP contribution in [0.15, 0.2) is 36.4 Å². The Morgan fingerprint density at radius 3 is 2.88 bits per heavy atom. The third-order valence-corrected chi connectivity index (χ3v) is 2.18. The van der Waals surface area contributed by atoms with Crippen LogP contribution in [-0.2, 0) is 9.53 Å². The monoisotopic (exact) mass is 237 g/mol. The van der Waals surface area contributed by atoms with Crippen molar-refractivity contribution in [3.8, 4) is 0 Å². The molecular formula is C12H12ClNO2.